The molecule has 4 fully saturated rings. The van der Waals surface area contributed by atoms with E-state index in [9.17, 15) is 0 Å². The second-order valence-corrected chi connectivity index (χ2v) is 13.2. The predicted molar refractivity (Wildman–Crippen MR) is 138 cm³/mol. The first kappa shape index (κ1) is 25.6. The van der Waals surface area contributed by atoms with Gasteiger partial charge in [-0.3, -0.25) is 0 Å². The summed E-state index contributed by atoms with van der Waals surface area (Å²) in [7, 11) is 0. The molecule has 4 aliphatic carbocycles. The quantitative estimate of drug-likeness (QED) is 0.393. The Morgan fingerprint density at radius 2 is 1.45 bits per heavy atom. The van der Waals surface area contributed by atoms with Crippen molar-refractivity contribution >= 4 is 0 Å². The van der Waals surface area contributed by atoms with Crippen LogP contribution in [0, 0.1) is 58.2 Å². The fourth-order valence-electron chi connectivity index (χ4n) is 9.74. The molecule has 0 heteroatoms. The molecule has 0 aromatic carbocycles. The van der Waals surface area contributed by atoms with Crippen molar-refractivity contribution in [3.63, 3.8) is 0 Å². The molecule has 0 spiro atoms. The number of hydrogen-bond acceptors (Lipinski definition) is 0. The van der Waals surface area contributed by atoms with Crippen molar-refractivity contribution in [3.05, 3.63) is 0 Å². The molecular weight excluding hydrogens is 372 g/mol. The van der Waals surface area contributed by atoms with Gasteiger partial charge in [-0.15, -0.1) is 0 Å². The van der Waals surface area contributed by atoms with Crippen molar-refractivity contribution in [2.45, 2.75) is 139 Å². The lowest BCUT2D eigenvalue weighted by atomic mass is 9.44. The van der Waals surface area contributed by atoms with Crippen LogP contribution in [-0.4, -0.2) is 0 Å². The second kappa shape index (κ2) is 10.5. The third kappa shape index (κ3) is 4.80. The SMILES string of the molecule is CC.CC[C@H]1CCC2(C)C3CCC4(C)C([C@H](C)CCCC(C)C)CC[C@H]4[C@H]3CC[C@H]2C1. The first-order chi connectivity index (χ1) is 14.8. The lowest BCUT2D eigenvalue weighted by Crippen LogP contribution is -2.53. The van der Waals surface area contributed by atoms with Gasteiger partial charge in [-0.2, -0.15) is 0 Å². The average molecular weight is 431 g/mol. The molecule has 0 saturated heterocycles. The molecule has 4 aliphatic rings. The maximum absolute atomic E-state index is 2.76. The third-order valence-electron chi connectivity index (χ3n) is 11.6. The molecule has 9 atom stereocenters. The van der Waals surface area contributed by atoms with Crippen molar-refractivity contribution < 1.29 is 0 Å². The Morgan fingerprint density at radius 1 is 0.774 bits per heavy atom. The highest BCUT2D eigenvalue weighted by Crippen LogP contribution is 2.68. The van der Waals surface area contributed by atoms with Crippen molar-refractivity contribution in [2.75, 3.05) is 0 Å². The molecule has 0 heterocycles. The summed E-state index contributed by atoms with van der Waals surface area (Å²) in [5.41, 5.74) is 1.36. The molecule has 0 aromatic heterocycles. The first-order valence-corrected chi connectivity index (χ1v) is 14.8. The lowest BCUT2D eigenvalue weighted by molar-refractivity contribution is -0.121. The van der Waals surface area contributed by atoms with Gasteiger partial charge in [-0.1, -0.05) is 81.1 Å². The van der Waals surface area contributed by atoms with Gasteiger partial charge < -0.3 is 0 Å². The zero-order chi connectivity index (χ0) is 22.8. The van der Waals surface area contributed by atoms with Gasteiger partial charge in [0.05, 0.1) is 0 Å². The van der Waals surface area contributed by atoms with E-state index >= 15 is 0 Å². The maximum Gasteiger partial charge on any atom is -0.0264 e. The predicted octanol–water partition coefficient (Wildman–Crippen LogP) is 10.2. The first-order valence-electron chi connectivity index (χ1n) is 14.8. The zero-order valence-electron chi connectivity index (χ0n) is 22.8. The van der Waals surface area contributed by atoms with Gasteiger partial charge in [0.25, 0.3) is 0 Å². The lowest BCUT2D eigenvalue weighted by Gasteiger charge is -2.61. The van der Waals surface area contributed by atoms with Crippen LogP contribution >= 0.6 is 0 Å². The molecule has 0 radical (unpaired) electrons. The van der Waals surface area contributed by atoms with E-state index in [2.05, 4.69) is 41.5 Å². The van der Waals surface area contributed by atoms with Crippen LogP contribution in [0.25, 0.3) is 0 Å². The molecule has 0 bridgehead atoms. The van der Waals surface area contributed by atoms with Crippen LogP contribution in [0.5, 0.6) is 0 Å². The van der Waals surface area contributed by atoms with Crippen LogP contribution < -0.4 is 0 Å². The highest BCUT2D eigenvalue weighted by Gasteiger charge is 2.60. The molecular formula is C31H58. The summed E-state index contributed by atoms with van der Waals surface area (Å²) in [6.45, 7) is 19.4. The minimum atomic E-state index is 0.669. The monoisotopic (exact) mass is 430 g/mol. The Bertz CT molecular complexity index is 548. The molecule has 0 aliphatic heterocycles. The molecule has 4 saturated carbocycles. The summed E-state index contributed by atoms with van der Waals surface area (Å²) < 4.78 is 0. The van der Waals surface area contributed by atoms with Crippen LogP contribution in [0.15, 0.2) is 0 Å². The van der Waals surface area contributed by atoms with E-state index in [1.165, 1.54) is 32.1 Å². The number of hydrogen-bond donors (Lipinski definition) is 0. The van der Waals surface area contributed by atoms with Gasteiger partial charge in [0.15, 0.2) is 0 Å². The molecule has 4 unspecified atom stereocenters. The van der Waals surface area contributed by atoms with Crippen molar-refractivity contribution in [2.24, 2.45) is 58.2 Å². The van der Waals surface area contributed by atoms with E-state index in [4.69, 9.17) is 0 Å². The van der Waals surface area contributed by atoms with E-state index < -0.39 is 0 Å². The van der Waals surface area contributed by atoms with Crippen molar-refractivity contribution in [1.29, 1.82) is 0 Å². The minimum Gasteiger partial charge on any atom is -0.0683 e. The van der Waals surface area contributed by atoms with Crippen molar-refractivity contribution in [1.82, 2.24) is 0 Å². The Labute approximate surface area is 197 Å². The topological polar surface area (TPSA) is 0 Å². The van der Waals surface area contributed by atoms with Gasteiger partial charge in [-0.25, -0.2) is 0 Å². The van der Waals surface area contributed by atoms with Crippen molar-refractivity contribution in [3.8, 4) is 0 Å². The van der Waals surface area contributed by atoms with Crippen LogP contribution in [0.4, 0.5) is 0 Å². The molecule has 4 rings (SSSR count). The summed E-state index contributed by atoms with van der Waals surface area (Å²) in [6, 6.07) is 0. The highest BCUT2D eigenvalue weighted by atomic mass is 14.6. The standard InChI is InChI=1S/C29H52.C2H6/c1-7-22-15-17-28(5)23(19-22)11-12-24-26-14-13-25(21(4)10-8-9-20(2)3)29(26,6)18-16-27(24)28;1-2/h20-27H,7-19H2,1-6H3;1-2H3/t21-,22+,23+,24-,25?,26+,27?,28?,29?;/m1./s1. The second-order valence-electron chi connectivity index (χ2n) is 13.2. The zero-order valence-corrected chi connectivity index (χ0v) is 22.8. The summed E-state index contributed by atoms with van der Waals surface area (Å²) >= 11 is 0. The normalized spacial score (nSPS) is 45.2. The molecule has 31 heavy (non-hydrogen) atoms. The van der Waals surface area contributed by atoms with Crippen LogP contribution in [0.3, 0.4) is 0 Å². The van der Waals surface area contributed by atoms with E-state index in [0.717, 1.165) is 47.3 Å². The van der Waals surface area contributed by atoms with E-state index in [-0.39, 0.29) is 0 Å². The highest BCUT2D eigenvalue weighted by molar-refractivity contribution is 5.09. The Kier molecular flexibility index (Phi) is 8.68. The average Bonchev–Trinajstić information content (AvgIpc) is 3.11. The van der Waals surface area contributed by atoms with Crippen LogP contribution in [-0.2, 0) is 0 Å². The van der Waals surface area contributed by atoms with Crippen LogP contribution in [0.2, 0.25) is 0 Å². The fraction of sp³-hybridized carbons (Fsp3) is 1.00. The van der Waals surface area contributed by atoms with E-state index in [0.29, 0.717) is 10.8 Å². The summed E-state index contributed by atoms with van der Waals surface area (Å²) in [6.07, 6.45) is 19.8. The van der Waals surface area contributed by atoms with Gasteiger partial charge in [0, 0.05) is 0 Å². The Morgan fingerprint density at radius 3 is 2.13 bits per heavy atom. The maximum atomic E-state index is 2.76. The number of rotatable bonds is 6. The van der Waals surface area contributed by atoms with E-state index in [1.54, 1.807) is 51.4 Å². The summed E-state index contributed by atoms with van der Waals surface area (Å²) in [5.74, 6) is 8.13. The van der Waals surface area contributed by atoms with Gasteiger partial charge in [0.1, 0.15) is 0 Å². The third-order valence-corrected chi connectivity index (χ3v) is 11.6. The van der Waals surface area contributed by atoms with Crippen LogP contribution in [0.1, 0.15) is 139 Å². The van der Waals surface area contributed by atoms with Gasteiger partial charge in [-0.05, 0) is 116 Å². The summed E-state index contributed by atoms with van der Waals surface area (Å²) in [5, 5.41) is 0. The Hall–Kier alpha value is 0. The molecule has 0 nitrogen and oxygen atoms in total. The van der Waals surface area contributed by atoms with E-state index in [1.807, 2.05) is 13.8 Å². The molecule has 0 aromatic rings. The van der Waals surface area contributed by atoms with Gasteiger partial charge >= 0.3 is 0 Å². The molecule has 0 amide bonds. The summed E-state index contributed by atoms with van der Waals surface area (Å²) in [4.78, 5) is 0. The van der Waals surface area contributed by atoms with Gasteiger partial charge in [0.2, 0.25) is 0 Å². The fourth-order valence-corrected chi connectivity index (χ4v) is 9.74. The smallest absolute Gasteiger partial charge is 0.0264 e. The minimum absolute atomic E-state index is 0.669. The molecule has 0 N–H and O–H groups in total. The Balaban J connectivity index is 0.00000132. The largest absolute Gasteiger partial charge is 0.0683 e. The molecule has 182 valence electrons. The number of fused-ring (bicyclic) bond motifs is 5.